The molecule has 0 fully saturated rings. The predicted octanol–water partition coefficient (Wildman–Crippen LogP) is -1.11. The van der Waals surface area contributed by atoms with Gasteiger partial charge < -0.3 is 11.5 Å². The summed E-state index contributed by atoms with van der Waals surface area (Å²) < 4.78 is 0. The van der Waals surface area contributed by atoms with Crippen LogP contribution in [0, 0.1) is 0 Å². The number of hydrazine groups is 1. The molecule has 0 aliphatic carbocycles. The van der Waals surface area contributed by atoms with Crippen LogP contribution in [0.15, 0.2) is 4.99 Å². The van der Waals surface area contributed by atoms with Crippen LogP contribution in [-0.2, 0) is 0 Å². The molecule has 0 aliphatic rings. The van der Waals surface area contributed by atoms with Crippen molar-refractivity contribution in [2.75, 3.05) is 6.54 Å². The highest BCUT2D eigenvalue weighted by Crippen LogP contribution is 1.92. The van der Waals surface area contributed by atoms with Crippen molar-refractivity contribution in [2.24, 2.45) is 22.3 Å². The van der Waals surface area contributed by atoms with E-state index < -0.39 is 0 Å². The Balaban J connectivity index is 3.26. The van der Waals surface area contributed by atoms with E-state index in [9.17, 15) is 0 Å². The van der Waals surface area contributed by atoms with E-state index in [2.05, 4.69) is 10.4 Å². The lowest BCUT2D eigenvalue weighted by Crippen LogP contribution is -2.37. The number of hydrogen-bond acceptors (Lipinski definition) is 3. The fourth-order valence-electron chi connectivity index (χ4n) is 0.658. The Morgan fingerprint density at radius 2 is 2.27 bits per heavy atom. The van der Waals surface area contributed by atoms with Crippen molar-refractivity contribution in [1.29, 1.82) is 0 Å². The summed E-state index contributed by atoms with van der Waals surface area (Å²) >= 11 is 0. The number of hydrogen-bond donors (Lipinski definition) is 4. The number of rotatable bonds is 4. The van der Waals surface area contributed by atoms with Crippen molar-refractivity contribution in [3.63, 3.8) is 0 Å². The number of nitrogens with zero attached hydrogens (tertiary/aromatic N) is 1. The molecule has 0 aromatic carbocycles. The first-order chi connectivity index (χ1) is 5.16. The van der Waals surface area contributed by atoms with Gasteiger partial charge in [0.15, 0.2) is 0 Å². The van der Waals surface area contributed by atoms with E-state index in [1.54, 1.807) is 0 Å². The van der Waals surface area contributed by atoms with Crippen LogP contribution < -0.4 is 22.7 Å². The second-order valence-corrected chi connectivity index (χ2v) is 2.53. The molecule has 5 heteroatoms. The summed E-state index contributed by atoms with van der Waals surface area (Å²) in [5.74, 6) is 5.26. The van der Waals surface area contributed by atoms with E-state index in [1.807, 2.05) is 6.92 Å². The van der Waals surface area contributed by atoms with Crippen molar-refractivity contribution < 1.29 is 0 Å². The van der Waals surface area contributed by atoms with Gasteiger partial charge in [0.1, 0.15) is 0 Å². The summed E-state index contributed by atoms with van der Waals surface area (Å²) in [6.07, 6.45) is 1.90. The van der Waals surface area contributed by atoms with Crippen LogP contribution in [0.1, 0.15) is 19.8 Å². The second kappa shape index (κ2) is 5.94. The Bertz CT molecular complexity index is 120. The molecule has 0 aliphatic heterocycles. The van der Waals surface area contributed by atoms with Gasteiger partial charge >= 0.3 is 0 Å². The summed E-state index contributed by atoms with van der Waals surface area (Å²) in [5, 5.41) is 0. The third-order valence-electron chi connectivity index (χ3n) is 1.25. The molecule has 0 aromatic heterocycles. The molecule has 0 rings (SSSR count). The van der Waals surface area contributed by atoms with Crippen LogP contribution in [0.4, 0.5) is 0 Å². The first-order valence-electron chi connectivity index (χ1n) is 3.69. The Hall–Kier alpha value is -0.810. The fourth-order valence-corrected chi connectivity index (χ4v) is 0.658. The quantitative estimate of drug-likeness (QED) is 0.137. The summed E-state index contributed by atoms with van der Waals surface area (Å²) in [4.78, 5) is 3.92. The minimum atomic E-state index is 0.234. The maximum Gasteiger partial charge on any atom is 0.203 e. The molecule has 7 N–H and O–H groups in total. The molecule has 0 amide bonds. The average Bonchev–Trinajstić information content (AvgIpc) is 1.97. The van der Waals surface area contributed by atoms with E-state index >= 15 is 0 Å². The van der Waals surface area contributed by atoms with Gasteiger partial charge in [-0.3, -0.25) is 10.4 Å². The highest BCUT2D eigenvalue weighted by Gasteiger charge is 1.92. The SMILES string of the molecule is CC(N)CCCN=C(N)NN. The van der Waals surface area contributed by atoms with Gasteiger partial charge in [-0.1, -0.05) is 0 Å². The van der Waals surface area contributed by atoms with E-state index in [-0.39, 0.29) is 12.0 Å². The molecule has 0 bridgehead atoms. The lowest BCUT2D eigenvalue weighted by atomic mass is 10.2. The van der Waals surface area contributed by atoms with E-state index in [1.165, 1.54) is 0 Å². The third-order valence-corrected chi connectivity index (χ3v) is 1.25. The van der Waals surface area contributed by atoms with Gasteiger partial charge in [-0.2, -0.15) is 0 Å². The molecule has 0 heterocycles. The van der Waals surface area contributed by atoms with Crippen molar-refractivity contribution in [1.82, 2.24) is 5.43 Å². The standard InChI is InChI=1S/C6H17N5/c1-5(7)3-2-4-10-6(8)11-9/h5H,2-4,7,9H2,1H3,(H3,8,10,11). The number of nitrogens with one attached hydrogen (secondary N) is 1. The molecule has 1 atom stereocenters. The Labute approximate surface area is 67.0 Å². The normalized spacial score (nSPS) is 14.6. The molecule has 66 valence electrons. The zero-order valence-corrected chi connectivity index (χ0v) is 6.88. The predicted molar refractivity (Wildman–Crippen MR) is 46.7 cm³/mol. The van der Waals surface area contributed by atoms with Gasteiger partial charge in [0.25, 0.3) is 0 Å². The maximum absolute atomic E-state index is 5.52. The average molecular weight is 159 g/mol. The molecule has 0 saturated carbocycles. The number of nitrogens with two attached hydrogens (primary N) is 3. The minimum Gasteiger partial charge on any atom is -0.369 e. The zero-order valence-electron chi connectivity index (χ0n) is 6.88. The largest absolute Gasteiger partial charge is 0.369 e. The van der Waals surface area contributed by atoms with Gasteiger partial charge in [0, 0.05) is 12.6 Å². The summed E-state index contributed by atoms with van der Waals surface area (Å²) in [6.45, 7) is 2.64. The molecule has 0 aromatic rings. The third kappa shape index (κ3) is 7.08. The monoisotopic (exact) mass is 159 g/mol. The Kier molecular flexibility index (Phi) is 5.50. The number of aliphatic imine (C=N–C) groups is 1. The summed E-state index contributed by atoms with van der Waals surface area (Å²) in [5.41, 5.74) is 13.0. The topological polar surface area (TPSA) is 102 Å². The van der Waals surface area contributed by atoms with Crippen LogP contribution in [0.2, 0.25) is 0 Å². The molecule has 11 heavy (non-hydrogen) atoms. The van der Waals surface area contributed by atoms with Crippen LogP contribution in [0.5, 0.6) is 0 Å². The lowest BCUT2D eigenvalue weighted by molar-refractivity contribution is 0.630. The Morgan fingerprint density at radius 3 is 2.73 bits per heavy atom. The summed E-state index contributed by atoms with van der Waals surface area (Å²) in [7, 11) is 0. The summed E-state index contributed by atoms with van der Waals surface area (Å²) in [6, 6.07) is 0.234. The van der Waals surface area contributed by atoms with Gasteiger partial charge in [-0.05, 0) is 19.8 Å². The lowest BCUT2D eigenvalue weighted by Gasteiger charge is -2.02. The van der Waals surface area contributed by atoms with E-state index in [0.717, 1.165) is 12.8 Å². The molecule has 0 spiro atoms. The smallest absolute Gasteiger partial charge is 0.203 e. The Morgan fingerprint density at radius 1 is 1.64 bits per heavy atom. The highest BCUT2D eigenvalue weighted by molar-refractivity contribution is 5.76. The van der Waals surface area contributed by atoms with Gasteiger partial charge in [0.2, 0.25) is 5.96 Å². The van der Waals surface area contributed by atoms with Gasteiger partial charge in [-0.15, -0.1) is 0 Å². The van der Waals surface area contributed by atoms with Gasteiger partial charge in [0.05, 0.1) is 0 Å². The van der Waals surface area contributed by atoms with Gasteiger partial charge in [-0.25, -0.2) is 5.84 Å². The molecule has 0 radical (unpaired) electrons. The van der Waals surface area contributed by atoms with Crippen molar-refractivity contribution >= 4 is 5.96 Å². The molecule has 0 saturated heterocycles. The van der Waals surface area contributed by atoms with E-state index in [4.69, 9.17) is 17.3 Å². The van der Waals surface area contributed by atoms with Crippen molar-refractivity contribution in [3.05, 3.63) is 0 Å². The van der Waals surface area contributed by atoms with Crippen LogP contribution >= 0.6 is 0 Å². The van der Waals surface area contributed by atoms with Crippen LogP contribution in [-0.4, -0.2) is 18.5 Å². The second-order valence-electron chi connectivity index (χ2n) is 2.53. The van der Waals surface area contributed by atoms with Crippen LogP contribution in [0.3, 0.4) is 0 Å². The molecule has 1 unspecified atom stereocenters. The van der Waals surface area contributed by atoms with E-state index in [0.29, 0.717) is 6.54 Å². The van der Waals surface area contributed by atoms with Crippen molar-refractivity contribution in [2.45, 2.75) is 25.8 Å². The molecule has 5 nitrogen and oxygen atoms in total. The first kappa shape index (κ1) is 10.2. The number of guanidine groups is 1. The van der Waals surface area contributed by atoms with Crippen LogP contribution in [0.25, 0.3) is 0 Å². The fraction of sp³-hybridized carbons (Fsp3) is 0.833. The minimum absolute atomic E-state index is 0.234. The highest BCUT2D eigenvalue weighted by atomic mass is 15.3. The first-order valence-corrected chi connectivity index (χ1v) is 3.69. The molecular weight excluding hydrogens is 142 g/mol. The van der Waals surface area contributed by atoms with Crippen molar-refractivity contribution in [3.8, 4) is 0 Å². The maximum atomic E-state index is 5.52. The zero-order chi connectivity index (χ0) is 8.69. The molecular formula is C6H17N5.